The Morgan fingerprint density at radius 3 is 2.78 bits per heavy atom. The SMILES string of the molecule is Cc1ccc(-c2ccnc(C3CCNCC3)n2)o1. The van der Waals surface area contributed by atoms with Crippen LogP contribution >= 0.6 is 0 Å². The summed E-state index contributed by atoms with van der Waals surface area (Å²) >= 11 is 0. The van der Waals surface area contributed by atoms with Crippen LogP contribution in [-0.2, 0) is 0 Å². The van der Waals surface area contributed by atoms with Crippen molar-refractivity contribution < 1.29 is 4.42 Å². The van der Waals surface area contributed by atoms with Gasteiger partial charge in [-0.1, -0.05) is 0 Å². The van der Waals surface area contributed by atoms with Crippen molar-refractivity contribution in [3.63, 3.8) is 0 Å². The maximum Gasteiger partial charge on any atom is 0.152 e. The highest BCUT2D eigenvalue weighted by atomic mass is 16.3. The lowest BCUT2D eigenvalue weighted by atomic mass is 9.97. The molecule has 18 heavy (non-hydrogen) atoms. The standard InChI is InChI=1S/C14H17N3O/c1-10-2-3-13(18-10)12-6-9-16-14(17-12)11-4-7-15-8-5-11/h2-3,6,9,11,15H,4-5,7-8H2,1H3. The van der Waals surface area contributed by atoms with Crippen molar-refractivity contribution in [1.82, 2.24) is 15.3 Å². The Balaban J connectivity index is 1.88. The van der Waals surface area contributed by atoms with Crippen molar-refractivity contribution in [3.05, 3.63) is 36.0 Å². The molecule has 4 nitrogen and oxygen atoms in total. The van der Waals surface area contributed by atoms with Crippen LogP contribution < -0.4 is 5.32 Å². The van der Waals surface area contributed by atoms with Crippen molar-refractivity contribution in [2.45, 2.75) is 25.7 Å². The molecule has 3 rings (SSSR count). The van der Waals surface area contributed by atoms with Gasteiger partial charge in [0.1, 0.15) is 17.3 Å². The molecule has 94 valence electrons. The summed E-state index contributed by atoms with van der Waals surface area (Å²) in [5.41, 5.74) is 0.881. The van der Waals surface area contributed by atoms with Gasteiger partial charge in [-0.25, -0.2) is 9.97 Å². The molecule has 1 aliphatic heterocycles. The first-order valence-electron chi connectivity index (χ1n) is 6.43. The van der Waals surface area contributed by atoms with Gasteiger partial charge >= 0.3 is 0 Å². The fourth-order valence-corrected chi connectivity index (χ4v) is 2.36. The van der Waals surface area contributed by atoms with E-state index in [9.17, 15) is 0 Å². The first kappa shape index (κ1) is 11.4. The molecule has 0 aliphatic carbocycles. The lowest BCUT2D eigenvalue weighted by Gasteiger charge is -2.21. The molecule has 3 heterocycles. The van der Waals surface area contributed by atoms with Gasteiger partial charge in [0.25, 0.3) is 0 Å². The van der Waals surface area contributed by atoms with E-state index in [-0.39, 0.29) is 0 Å². The largest absolute Gasteiger partial charge is 0.460 e. The third-order valence-corrected chi connectivity index (χ3v) is 3.37. The second-order valence-electron chi connectivity index (χ2n) is 4.73. The zero-order valence-electron chi connectivity index (χ0n) is 10.5. The van der Waals surface area contributed by atoms with Gasteiger partial charge in [0.15, 0.2) is 5.76 Å². The summed E-state index contributed by atoms with van der Waals surface area (Å²) in [6.07, 6.45) is 4.05. The number of furan rings is 1. The van der Waals surface area contributed by atoms with Gasteiger partial charge in [0.05, 0.1) is 0 Å². The van der Waals surface area contributed by atoms with Gasteiger partial charge in [-0.15, -0.1) is 0 Å². The molecule has 1 saturated heterocycles. The highest BCUT2D eigenvalue weighted by Gasteiger charge is 2.18. The van der Waals surface area contributed by atoms with Gasteiger partial charge in [0.2, 0.25) is 0 Å². The second kappa shape index (κ2) is 4.90. The summed E-state index contributed by atoms with van der Waals surface area (Å²) in [7, 11) is 0. The topological polar surface area (TPSA) is 51.0 Å². The minimum absolute atomic E-state index is 0.474. The lowest BCUT2D eigenvalue weighted by Crippen LogP contribution is -2.27. The van der Waals surface area contributed by atoms with Gasteiger partial charge in [-0.3, -0.25) is 0 Å². The fraction of sp³-hybridized carbons (Fsp3) is 0.429. The Morgan fingerprint density at radius 2 is 2.06 bits per heavy atom. The van der Waals surface area contributed by atoms with E-state index >= 15 is 0 Å². The Labute approximate surface area is 106 Å². The number of aromatic nitrogens is 2. The van der Waals surface area contributed by atoms with Gasteiger partial charge in [-0.2, -0.15) is 0 Å². The van der Waals surface area contributed by atoms with E-state index in [4.69, 9.17) is 4.42 Å². The number of rotatable bonds is 2. The molecule has 1 aliphatic rings. The van der Waals surface area contributed by atoms with Crippen LogP contribution in [0.1, 0.15) is 30.3 Å². The van der Waals surface area contributed by atoms with Crippen LogP contribution in [0.3, 0.4) is 0 Å². The van der Waals surface area contributed by atoms with Crippen LogP contribution in [0.2, 0.25) is 0 Å². The third-order valence-electron chi connectivity index (χ3n) is 3.37. The van der Waals surface area contributed by atoms with Crippen molar-refractivity contribution in [1.29, 1.82) is 0 Å². The predicted octanol–water partition coefficient (Wildman–Crippen LogP) is 2.51. The Hall–Kier alpha value is -1.68. The van der Waals surface area contributed by atoms with Crippen molar-refractivity contribution in [2.75, 3.05) is 13.1 Å². The molecular weight excluding hydrogens is 226 g/mol. The molecule has 0 spiro atoms. The average Bonchev–Trinajstić information content (AvgIpc) is 2.87. The first-order chi connectivity index (χ1) is 8.83. The summed E-state index contributed by atoms with van der Waals surface area (Å²) in [6, 6.07) is 5.83. The first-order valence-corrected chi connectivity index (χ1v) is 6.43. The highest BCUT2D eigenvalue weighted by molar-refractivity contribution is 5.51. The molecule has 1 fully saturated rings. The summed E-state index contributed by atoms with van der Waals surface area (Å²) < 4.78 is 5.61. The maximum atomic E-state index is 5.61. The monoisotopic (exact) mass is 243 g/mol. The Bertz CT molecular complexity index is 529. The zero-order chi connectivity index (χ0) is 12.4. The molecule has 0 radical (unpaired) electrons. The minimum Gasteiger partial charge on any atom is -0.460 e. The normalized spacial score (nSPS) is 16.9. The van der Waals surface area contributed by atoms with Crippen LogP contribution in [0, 0.1) is 6.92 Å². The van der Waals surface area contributed by atoms with E-state index in [0.29, 0.717) is 5.92 Å². The van der Waals surface area contributed by atoms with E-state index in [2.05, 4.69) is 15.3 Å². The lowest BCUT2D eigenvalue weighted by molar-refractivity contribution is 0.444. The highest BCUT2D eigenvalue weighted by Crippen LogP contribution is 2.25. The van der Waals surface area contributed by atoms with E-state index in [0.717, 1.165) is 49.0 Å². The van der Waals surface area contributed by atoms with Crippen molar-refractivity contribution in [3.8, 4) is 11.5 Å². The number of piperidine rings is 1. The molecule has 4 heteroatoms. The second-order valence-corrected chi connectivity index (χ2v) is 4.73. The third kappa shape index (κ3) is 2.29. The fourth-order valence-electron chi connectivity index (χ4n) is 2.36. The molecule has 1 N–H and O–H groups in total. The molecular formula is C14H17N3O. The average molecular weight is 243 g/mol. The smallest absolute Gasteiger partial charge is 0.152 e. The van der Waals surface area contributed by atoms with Crippen LogP contribution in [0.25, 0.3) is 11.5 Å². The summed E-state index contributed by atoms with van der Waals surface area (Å²) in [4.78, 5) is 9.06. The minimum atomic E-state index is 0.474. The quantitative estimate of drug-likeness (QED) is 0.880. The molecule has 0 amide bonds. The number of hydrogen-bond acceptors (Lipinski definition) is 4. The zero-order valence-corrected chi connectivity index (χ0v) is 10.5. The molecule has 0 saturated carbocycles. The molecule has 0 aromatic carbocycles. The van der Waals surface area contributed by atoms with Crippen LogP contribution in [-0.4, -0.2) is 23.1 Å². The number of aryl methyl sites for hydroxylation is 1. The molecule has 2 aromatic rings. The number of hydrogen-bond donors (Lipinski definition) is 1. The van der Waals surface area contributed by atoms with E-state index in [1.54, 1.807) is 0 Å². The predicted molar refractivity (Wildman–Crippen MR) is 69.3 cm³/mol. The molecule has 2 aromatic heterocycles. The molecule has 0 bridgehead atoms. The summed E-state index contributed by atoms with van der Waals surface area (Å²) in [5, 5.41) is 3.36. The Morgan fingerprint density at radius 1 is 1.22 bits per heavy atom. The molecule has 0 atom stereocenters. The van der Waals surface area contributed by atoms with Crippen LogP contribution in [0.4, 0.5) is 0 Å². The van der Waals surface area contributed by atoms with Gasteiger partial charge in [-0.05, 0) is 51.1 Å². The summed E-state index contributed by atoms with van der Waals surface area (Å²) in [5.74, 6) is 3.16. The summed E-state index contributed by atoms with van der Waals surface area (Å²) in [6.45, 7) is 4.05. The van der Waals surface area contributed by atoms with Crippen LogP contribution in [0.15, 0.2) is 28.8 Å². The van der Waals surface area contributed by atoms with Crippen molar-refractivity contribution >= 4 is 0 Å². The van der Waals surface area contributed by atoms with Crippen molar-refractivity contribution in [2.24, 2.45) is 0 Å². The molecule has 0 unspecified atom stereocenters. The van der Waals surface area contributed by atoms with E-state index < -0.39 is 0 Å². The maximum absolute atomic E-state index is 5.61. The number of nitrogens with one attached hydrogen (secondary N) is 1. The number of nitrogens with zero attached hydrogens (tertiary/aromatic N) is 2. The van der Waals surface area contributed by atoms with Gasteiger partial charge < -0.3 is 9.73 Å². The van der Waals surface area contributed by atoms with Crippen LogP contribution in [0.5, 0.6) is 0 Å². The van der Waals surface area contributed by atoms with E-state index in [1.807, 2.05) is 31.3 Å². The van der Waals surface area contributed by atoms with Gasteiger partial charge in [0, 0.05) is 12.1 Å². The Kier molecular flexibility index (Phi) is 3.11. The van der Waals surface area contributed by atoms with E-state index in [1.165, 1.54) is 0 Å².